The fourth-order valence-corrected chi connectivity index (χ4v) is 2.47. The van der Waals surface area contributed by atoms with Crippen LogP contribution in [0.1, 0.15) is 51.1 Å². The Morgan fingerprint density at radius 1 is 1.53 bits per heavy atom. The summed E-state index contributed by atoms with van der Waals surface area (Å²) in [6.45, 7) is 4.51. The number of carbonyl (C=O) groups is 1. The van der Waals surface area contributed by atoms with Crippen LogP contribution in [0.2, 0.25) is 0 Å². The molecule has 1 aromatic rings. The molecule has 1 aliphatic rings. The van der Waals surface area contributed by atoms with Crippen molar-refractivity contribution in [2.24, 2.45) is 18.2 Å². The lowest BCUT2D eigenvalue weighted by Crippen LogP contribution is -2.32. The molecule has 0 saturated heterocycles. The van der Waals surface area contributed by atoms with Gasteiger partial charge in [-0.25, -0.2) is 4.79 Å². The van der Waals surface area contributed by atoms with Gasteiger partial charge in [-0.05, 0) is 31.1 Å². The number of aryl methyl sites for hydroxylation is 1. The van der Waals surface area contributed by atoms with Crippen molar-refractivity contribution in [1.29, 1.82) is 0 Å². The van der Waals surface area contributed by atoms with Crippen molar-refractivity contribution >= 4 is 5.97 Å². The molecule has 1 fully saturated rings. The summed E-state index contributed by atoms with van der Waals surface area (Å²) in [5, 5.41) is 4.01. The molecule has 1 aromatic heterocycles. The Morgan fingerprint density at radius 3 is 2.68 bits per heavy atom. The van der Waals surface area contributed by atoms with Gasteiger partial charge >= 0.3 is 5.97 Å². The maximum Gasteiger partial charge on any atom is 0.327 e. The number of nitrogens with two attached hydrogens (primary N) is 1. The van der Waals surface area contributed by atoms with E-state index in [0.717, 1.165) is 25.7 Å². The van der Waals surface area contributed by atoms with Gasteiger partial charge in [0.2, 0.25) is 0 Å². The Kier molecular flexibility index (Phi) is 3.94. The van der Waals surface area contributed by atoms with Gasteiger partial charge in [-0.15, -0.1) is 0 Å². The average molecular weight is 265 g/mol. The van der Waals surface area contributed by atoms with E-state index in [1.165, 1.54) is 0 Å². The van der Waals surface area contributed by atoms with Crippen LogP contribution in [0.3, 0.4) is 0 Å². The molecule has 0 amide bonds. The van der Waals surface area contributed by atoms with Crippen molar-refractivity contribution in [3.8, 4) is 0 Å². The predicted molar refractivity (Wildman–Crippen MR) is 72.3 cm³/mol. The third-order valence-electron chi connectivity index (χ3n) is 3.91. The lowest BCUT2D eigenvalue weighted by atomic mass is 9.76. The van der Waals surface area contributed by atoms with Gasteiger partial charge < -0.3 is 10.5 Å². The van der Waals surface area contributed by atoms with Crippen LogP contribution in [0, 0.1) is 5.41 Å². The van der Waals surface area contributed by atoms with Gasteiger partial charge in [0.1, 0.15) is 12.1 Å². The third kappa shape index (κ3) is 3.56. The standard InChI is InChI=1S/C14H23N3O2/c1-14(2)6-4-11(5-7-14)19-13(18)12(15)10-8-16-17(3)9-10/h8-9,11-12H,4-7,15H2,1-3H3. The molecule has 1 heterocycles. The molecule has 0 radical (unpaired) electrons. The molecule has 2 rings (SSSR count). The number of rotatable bonds is 3. The minimum atomic E-state index is -0.733. The SMILES string of the molecule is Cn1cc(C(N)C(=O)OC2CCC(C)(C)CC2)cn1. The average Bonchev–Trinajstić information content (AvgIpc) is 2.77. The number of carbonyl (C=O) groups excluding carboxylic acids is 1. The molecule has 5 nitrogen and oxygen atoms in total. The van der Waals surface area contributed by atoms with Crippen molar-refractivity contribution in [3.63, 3.8) is 0 Å². The largest absolute Gasteiger partial charge is 0.461 e. The summed E-state index contributed by atoms with van der Waals surface area (Å²) in [5.74, 6) is -0.349. The number of nitrogens with zero attached hydrogens (tertiary/aromatic N) is 2. The molecule has 0 spiro atoms. The van der Waals surface area contributed by atoms with E-state index in [1.54, 1.807) is 24.1 Å². The zero-order valence-electron chi connectivity index (χ0n) is 11.9. The van der Waals surface area contributed by atoms with Crippen LogP contribution < -0.4 is 5.73 Å². The van der Waals surface area contributed by atoms with E-state index in [2.05, 4.69) is 18.9 Å². The van der Waals surface area contributed by atoms with E-state index >= 15 is 0 Å². The highest BCUT2D eigenvalue weighted by Crippen LogP contribution is 2.36. The fourth-order valence-electron chi connectivity index (χ4n) is 2.47. The second kappa shape index (κ2) is 5.33. The van der Waals surface area contributed by atoms with Crippen molar-refractivity contribution in [2.75, 3.05) is 0 Å². The van der Waals surface area contributed by atoms with Gasteiger partial charge in [-0.2, -0.15) is 5.10 Å². The van der Waals surface area contributed by atoms with Crippen molar-refractivity contribution in [1.82, 2.24) is 9.78 Å². The highest BCUT2D eigenvalue weighted by atomic mass is 16.5. The summed E-state index contributed by atoms with van der Waals surface area (Å²) >= 11 is 0. The lowest BCUT2D eigenvalue weighted by Gasteiger charge is -2.34. The molecule has 1 unspecified atom stereocenters. The van der Waals surface area contributed by atoms with Crippen LogP contribution in [-0.2, 0) is 16.6 Å². The molecule has 0 aromatic carbocycles. The molecule has 1 saturated carbocycles. The highest BCUT2D eigenvalue weighted by Gasteiger charge is 2.30. The smallest absolute Gasteiger partial charge is 0.327 e. The molecule has 19 heavy (non-hydrogen) atoms. The quantitative estimate of drug-likeness (QED) is 0.848. The van der Waals surface area contributed by atoms with Crippen LogP contribution in [-0.4, -0.2) is 21.9 Å². The van der Waals surface area contributed by atoms with Gasteiger partial charge in [-0.3, -0.25) is 4.68 Å². The van der Waals surface area contributed by atoms with Gasteiger partial charge in [0, 0.05) is 18.8 Å². The molecule has 1 atom stereocenters. The number of esters is 1. The van der Waals surface area contributed by atoms with E-state index < -0.39 is 6.04 Å². The number of hydrogen-bond donors (Lipinski definition) is 1. The first kappa shape index (κ1) is 14.1. The highest BCUT2D eigenvalue weighted by molar-refractivity contribution is 5.77. The number of hydrogen-bond acceptors (Lipinski definition) is 4. The van der Waals surface area contributed by atoms with E-state index in [9.17, 15) is 4.79 Å². The molecule has 1 aliphatic carbocycles. The van der Waals surface area contributed by atoms with Crippen LogP contribution in [0.4, 0.5) is 0 Å². The summed E-state index contributed by atoms with van der Waals surface area (Å²) in [6, 6.07) is -0.733. The Hall–Kier alpha value is -1.36. The zero-order valence-corrected chi connectivity index (χ0v) is 11.9. The van der Waals surface area contributed by atoms with Crippen LogP contribution in [0.15, 0.2) is 12.4 Å². The van der Waals surface area contributed by atoms with Crippen molar-refractivity contribution in [2.45, 2.75) is 51.7 Å². The molecule has 2 N–H and O–H groups in total. The fraction of sp³-hybridized carbons (Fsp3) is 0.714. The molecular weight excluding hydrogens is 242 g/mol. The summed E-state index contributed by atoms with van der Waals surface area (Å²) in [5.41, 5.74) is 6.96. The van der Waals surface area contributed by atoms with E-state index in [1.807, 2.05) is 0 Å². The van der Waals surface area contributed by atoms with E-state index in [-0.39, 0.29) is 12.1 Å². The lowest BCUT2D eigenvalue weighted by molar-refractivity contribution is -0.153. The van der Waals surface area contributed by atoms with Gasteiger partial charge in [-0.1, -0.05) is 13.8 Å². The molecule has 0 aliphatic heterocycles. The summed E-state index contributed by atoms with van der Waals surface area (Å²) in [6.07, 6.45) is 7.41. The molecule has 106 valence electrons. The van der Waals surface area contributed by atoms with Gasteiger partial charge in [0.15, 0.2) is 0 Å². The molecule has 0 bridgehead atoms. The topological polar surface area (TPSA) is 70.1 Å². The first-order valence-electron chi connectivity index (χ1n) is 6.82. The van der Waals surface area contributed by atoms with E-state index in [4.69, 9.17) is 10.5 Å². The van der Waals surface area contributed by atoms with Crippen LogP contribution in [0.25, 0.3) is 0 Å². The number of ether oxygens (including phenoxy) is 1. The van der Waals surface area contributed by atoms with Gasteiger partial charge in [0.05, 0.1) is 6.20 Å². The minimum absolute atomic E-state index is 0.0169. The Balaban J connectivity index is 1.88. The zero-order chi connectivity index (χ0) is 14.0. The maximum absolute atomic E-state index is 12.0. The maximum atomic E-state index is 12.0. The Bertz CT molecular complexity index is 443. The first-order valence-corrected chi connectivity index (χ1v) is 6.82. The molecule has 5 heteroatoms. The van der Waals surface area contributed by atoms with Crippen LogP contribution >= 0.6 is 0 Å². The summed E-state index contributed by atoms with van der Waals surface area (Å²) < 4.78 is 7.14. The number of aromatic nitrogens is 2. The summed E-state index contributed by atoms with van der Waals surface area (Å²) in [4.78, 5) is 12.0. The monoisotopic (exact) mass is 265 g/mol. The van der Waals surface area contributed by atoms with Crippen LogP contribution in [0.5, 0.6) is 0 Å². The van der Waals surface area contributed by atoms with Gasteiger partial charge in [0.25, 0.3) is 0 Å². The minimum Gasteiger partial charge on any atom is -0.461 e. The Labute approximate surface area is 114 Å². The van der Waals surface area contributed by atoms with E-state index in [0.29, 0.717) is 11.0 Å². The normalized spacial score (nSPS) is 21.1. The predicted octanol–water partition coefficient (Wildman–Crippen LogP) is 1.93. The van der Waals surface area contributed by atoms with Crippen molar-refractivity contribution < 1.29 is 9.53 Å². The second-order valence-corrected chi connectivity index (χ2v) is 6.23. The summed E-state index contributed by atoms with van der Waals surface area (Å²) in [7, 11) is 1.80. The van der Waals surface area contributed by atoms with Crippen molar-refractivity contribution in [3.05, 3.63) is 18.0 Å². The first-order chi connectivity index (χ1) is 8.87. The second-order valence-electron chi connectivity index (χ2n) is 6.23. The third-order valence-corrected chi connectivity index (χ3v) is 3.91. The Morgan fingerprint density at radius 2 is 2.16 bits per heavy atom. The molecular formula is C14H23N3O2.